The summed E-state index contributed by atoms with van der Waals surface area (Å²) >= 11 is 6.11. The van der Waals surface area contributed by atoms with Gasteiger partial charge in [-0.25, -0.2) is 0 Å². The lowest BCUT2D eigenvalue weighted by Gasteiger charge is -2.35. The molecule has 2 aliphatic rings. The number of nitrogens with one attached hydrogen (secondary N) is 1. The van der Waals surface area contributed by atoms with Gasteiger partial charge in [0.25, 0.3) is 0 Å². The molecule has 8 heteroatoms. The Morgan fingerprint density at radius 1 is 1.34 bits per heavy atom. The van der Waals surface area contributed by atoms with Crippen LogP contribution in [0.2, 0.25) is 5.02 Å². The minimum atomic E-state index is -0.0808. The van der Waals surface area contributed by atoms with E-state index in [0.29, 0.717) is 23.8 Å². The van der Waals surface area contributed by atoms with Crippen LogP contribution in [0.5, 0.6) is 0 Å². The molecule has 2 aliphatic heterocycles. The number of ether oxygens (including phenoxy) is 3. The average molecular weight is 538 g/mol. The van der Waals surface area contributed by atoms with Crippen LogP contribution in [-0.2, 0) is 14.2 Å². The highest BCUT2D eigenvalue weighted by molar-refractivity contribution is 14.0. The molecule has 1 N–H and O–H groups in total. The van der Waals surface area contributed by atoms with E-state index in [-0.39, 0.29) is 30.1 Å². The van der Waals surface area contributed by atoms with E-state index in [1.54, 1.807) is 7.11 Å². The lowest BCUT2D eigenvalue weighted by Crippen LogP contribution is -2.48. The smallest absolute Gasteiger partial charge is 0.193 e. The molecule has 2 fully saturated rings. The SMILES string of the molecule is CN=C(NCC(OC)c1cccc(Cl)c1)N1CCC(OCC2CCCO2)CC1.I. The first-order valence-corrected chi connectivity index (χ1v) is 10.5. The van der Waals surface area contributed by atoms with Crippen molar-refractivity contribution in [1.29, 1.82) is 0 Å². The van der Waals surface area contributed by atoms with Crippen LogP contribution in [0.3, 0.4) is 0 Å². The number of guanidine groups is 1. The number of nitrogens with zero attached hydrogens (tertiary/aromatic N) is 2. The normalized spacial score (nSPS) is 21.7. The van der Waals surface area contributed by atoms with Gasteiger partial charge in [0.2, 0.25) is 0 Å². The van der Waals surface area contributed by atoms with Crippen molar-refractivity contribution in [2.24, 2.45) is 4.99 Å². The first kappa shape index (κ1) is 24.7. The van der Waals surface area contributed by atoms with Crippen molar-refractivity contribution in [3.63, 3.8) is 0 Å². The molecule has 6 nitrogen and oxygen atoms in total. The highest BCUT2D eigenvalue weighted by Gasteiger charge is 2.24. The molecule has 0 aromatic heterocycles. The van der Waals surface area contributed by atoms with Gasteiger partial charge < -0.3 is 24.4 Å². The Bertz CT molecular complexity index is 635. The second-order valence-corrected chi connectivity index (χ2v) is 7.80. The van der Waals surface area contributed by atoms with Crippen LogP contribution in [0.25, 0.3) is 0 Å². The van der Waals surface area contributed by atoms with Crippen LogP contribution < -0.4 is 5.32 Å². The Morgan fingerprint density at radius 3 is 2.76 bits per heavy atom. The van der Waals surface area contributed by atoms with Gasteiger partial charge in [-0.1, -0.05) is 23.7 Å². The number of methoxy groups -OCH3 is 1. The summed E-state index contributed by atoms with van der Waals surface area (Å²) in [6.45, 7) is 4.12. The maximum atomic E-state index is 6.11. The van der Waals surface area contributed by atoms with Crippen molar-refractivity contribution in [3.05, 3.63) is 34.9 Å². The van der Waals surface area contributed by atoms with E-state index in [1.807, 2.05) is 31.3 Å². The highest BCUT2D eigenvalue weighted by atomic mass is 127. The van der Waals surface area contributed by atoms with Gasteiger partial charge in [-0.15, -0.1) is 24.0 Å². The van der Waals surface area contributed by atoms with E-state index in [4.69, 9.17) is 25.8 Å². The molecule has 29 heavy (non-hydrogen) atoms. The number of piperidine rings is 1. The second kappa shape index (κ2) is 12.9. The van der Waals surface area contributed by atoms with Crippen LogP contribution in [0.1, 0.15) is 37.4 Å². The molecule has 1 aromatic carbocycles. The van der Waals surface area contributed by atoms with Crippen molar-refractivity contribution in [3.8, 4) is 0 Å². The van der Waals surface area contributed by atoms with Gasteiger partial charge in [-0.2, -0.15) is 0 Å². The molecular weight excluding hydrogens is 505 g/mol. The van der Waals surface area contributed by atoms with Gasteiger partial charge in [-0.3, -0.25) is 4.99 Å². The molecule has 0 radical (unpaired) electrons. The fourth-order valence-corrected chi connectivity index (χ4v) is 4.01. The summed E-state index contributed by atoms with van der Waals surface area (Å²) in [5.74, 6) is 0.904. The van der Waals surface area contributed by atoms with Crippen LogP contribution >= 0.6 is 35.6 Å². The number of rotatable bonds is 7. The zero-order chi connectivity index (χ0) is 19.8. The average Bonchev–Trinajstić information content (AvgIpc) is 3.24. The van der Waals surface area contributed by atoms with Crippen molar-refractivity contribution >= 4 is 41.5 Å². The van der Waals surface area contributed by atoms with Gasteiger partial charge in [0.15, 0.2) is 5.96 Å². The Balaban J connectivity index is 0.00000300. The third kappa shape index (κ3) is 7.54. The topological polar surface area (TPSA) is 55.3 Å². The fourth-order valence-electron chi connectivity index (χ4n) is 3.81. The number of hydrogen-bond acceptors (Lipinski definition) is 4. The minimum Gasteiger partial charge on any atom is -0.376 e. The summed E-state index contributed by atoms with van der Waals surface area (Å²) in [4.78, 5) is 6.74. The molecule has 0 aliphatic carbocycles. The van der Waals surface area contributed by atoms with Gasteiger partial charge in [0.05, 0.1) is 24.9 Å². The van der Waals surface area contributed by atoms with E-state index in [0.717, 1.165) is 63.5 Å². The predicted molar refractivity (Wildman–Crippen MR) is 127 cm³/mol. The predicted octanol–water partition coefficient (Wildman–Crippen LogP) is 3.88. The zero-order valence-corrected chi connectivity index (χ0v) is 20.4. The molecule has 0 spiro atoms. The molecule has 0 amide bonds. The standard InChI is InChI=1S/C21H32ClN3O3.HI/c1-23-21(24-14-20(26-2)16-5-3-6-17(22)13-16)25-10-8-18(9-11-25)28-15-19-7-4-12-27-19;/h3,5-6,13,18-20H,4,7-12,14-15H2,1-2H3,(H,23,24);1H. The molecule has 3 rings (SSSR count). The minimum absolute atomic E-state index is 0. The summed E-state index contributed by atoms with van der Waals surface area (Å²) < 4.78 is 17.4. The van der Waals surface area contributed by atoms with Crippen molar-refractivity contribution in [1.82, 2.24) is 10.2 Å². The second-order valence-electron chi connectivity index (χ2n) is 7.36. The lowest BCUT2D eigenvalue weighted by atomic mass is 10.1. The van der Waals surface area contributed by atoms with Gasteiger partial charge in [0, 0.05) is 45.4 Å². The Kier molecular flexibility index (Phi) is 11.0. The number of halogens is 2. The van der Waals surface area contributed by atoms with E-state index in [9.17, 15) is 0 Å². The summed E-state index contributed by atoms with van der Waals surface area (Å²) in [6.07, 6.45) is 4.84. The third-order valence-corrected chi connectivity index (χ3v) is 5.68. The van der Waals surface area contributed by atoms with E-state index in [2.05, 4.69) is 15.2 Å². The Hall–Kier alpha value is -0.610. The zero-order valence-electron chi connectivity index (χ0n) is 17.3. The van der Waals surface area contributed by atoms with Crippen LogP contribution in [0, 0.1) is 0 Å². The summed E-state index contributed by atoms with van der Waals surface area (Å²) in [6, 6.07) is 7.79. The van der Waals surface area contributed by atoms with E-state index >= 15 is 0 Å². The largest absolute Gasteiger partial charge is 0.376 e. The molecule has 2 unspecified atom stereocenters. The number of hydrogen-bond donors (Lipinski definition) is 1. The van der Waals surface area contributed by atoms with Crippen LogP contribution in [-0.4, -0.2) is 70.1 Å². The molecule has 0 bridgehead atoms. The maximum absolute atomic E-state index is 6.11. The Morgan fingerprint density at radius 2 is 2.14 bits per heavy atom. The number of benzene rings is 1. The van der Waals surface area contributed by atoms with Crippen LogP contribution in [0.4, 0.5) is 0 Å². The Labute approximate surface area is 196 Å². The van der Waals surface area contributed by atoms with Gasteiger partial charge in [-0.05, 0) is 43.4 Å². The third-order valence-electron chi connectivity index (χ3n) is 5.45. The molecule has 164 valence electrons. The molecule has 2 heterocycles. The monoisotopic (exact) mass is 537 g/mol. The lowest BCUT2D eigenvalue weighted by molar-refractivity contribution is -0.0367. The number of aliphatic imine (C=N–C) groups is 1. The summed E-state index contributed by atoms with van der Waals surface area (Å²) in [5.41, 5.74) is 1.05. The van der Waals surface area contributed by atoms with Crippen LogP contribution in [0.15, 0.2) is 29.3 Å². The summed E-state index contributed by atoms with van der Waals surface area (Å²) in [7, 11) is 3.54. The molecule has 0 saturated carbocycles. The molecule has 1 aromatic rings. The quantitative estimate of drug-likeness (QED) is 0.325. The van der Waals surface area contributed by atoms with E-state index < -0.39 is 0 Å². The fraction of sp³-hybridized carbons (Fsp3) is 0.667. The first-order chi connectivity index (χ1) is 13.7. The van der Waals surface area contributed by atoms with Crippen molar-refractivity contribution in [2.75, 3.05) is 47.0 Å². The van der Waals surface area contributed by atoms with Crippen molar-refractivity contribution < 1.29 is 14.2 Å². The number of likely N-dealkylation sites (tertiary alicyclic amines) is 1. The molecular formula is C21H33ClIN3O3. The highest BCUT2D eigenvalue weighted by Crippen LogP contribution is 2.21. The van der Waals surface area contributed by atoms with E-state index in [1.165, 1.54) is 0 Å². The van der Waals surface area contributed by atoms with Gasteiger partial charge >= 0.3 is 0 Å². The summed E-state index contributed by atoms with van der Waals surface area (Å²) in [5, 5.41) is 4.16. The molecule has 2 saturated heterocycles. The molecule has 2 atom stereocenters. The van der Waals surface area contributed by atoms with Gasteiger partial charge in [0.1, 0.15) is 0 Å². The van der Waals surface area contributed by atoms with Crippen molar-refractivity contribution in [2.45, 2.75) is 44.0 Å². The maximum Gasteiger partial charge on any atom is 0.193 e. The first-order valence-electron chi connectivity index (χ1n) is 10.2.